The number of hydrogen-bond donors (Lipinski definition) is 0. The van der Waals surface area contributed by atoms with Gasteiger partial charge in [-0.1, -0.05) is 30.3 Å². The SMILES string of the molecule is [O]C(ON1C(=O)c2ccccc2C1=O)c1ccccc1F. The maximum atomic E-state index is 13.5. The molecule has 1 heterocycles. The Morgan fingerprint density at radius 3 is 2.00 bits per heavy atom. The van der Waals surface area contributed by atoms with Crippen molar-refractivity contribution < 1.29 is 23.9 Å². The van der Waals surface area contributed by atoms with Gasteiger partial charge < -0.3 is 0 Å². The van der Waals surface area contributed by atoms with Crippen LogP contribution in [0.4, 0.5) is 4.39 Å². The molecule has 0 aromatic heterocycles. The number of hydrogen-bond acceptors (Lipinski definition) is 3. The van der Waals surface area contributed by atoms with E-state index in [1.165, 1.54) is 30.3 Å². The minimum absolute atomic E-state index is 0.156. The molecule has 0 fully saturated rings. The zero-order valence-corrected chi connectivity index (χ0v) is 10.7. The van der Waals surface area contributed by atoms with Crippen LogP contribution in [0.5, 0.6) is 0 Å². The smallest absolute Gasteiger partial charge is 0.266 e. The molecule has 0 spiro atoms. The van der Waals surface area contributed by atoms with Gasteiger partial charge in [-0.3, -0.25) is 9.59 Å². The number of benzene rings is 2. The number of carbonyl (C=O) groups is 2. The van der Waals surface area contributed by atoms with Crippen molar-refractivity contribution in [3.63, 3.8) is 0 Å². The highest BCUT2D eigenvalue weighted by Crippen LogP contribution is 2.27. The Balaban J connectivity index is 1.86. The standard InChI is InChI=1S/C15H9FNO4/c16-12-8-4-3-7-11(12)15(20)21-17-13(18)9-5-1-2-6-10(9)14(17)19/h1-8,15H. The zero-order chi connectivity index (χ0) is 15.0. The molecular weight excluding hydrogens is 277 g/mol. The number of imide groups is 1. The van der Waals surface area contributed by atoms with E-state index in [0.29, 0.717) is 5.06 Å². The molecule has 1 unspecified atom stereocenters. The minimum atomic E-state index is -2.01. The summed E-state index contributed by atoms with van der Waals surface area (Å²) in [5, 5.41) is 12.3. The highest BCUT2D eigenvalue weighted by Gasteiger charge is 2.38. The van der Waals surface area contributed by atoms with Crippen molar-refractivity contribution in [1.29, 1.82) is 0 Å². The van der Waals surface area contributed by atoms with Gasteiger partial charge in [0.1, 0.15) is 5.82 Å². The highest BCUT2D eigenvalue weighted by molar-refractivity contribution is 6.20. The molecule has 1 atom stereocenters. The molecule has 2 aromatic carbocycles. The van der Waals surface area contributed by atoms with Crippen LogP contribution in [0.3, 0.4) is 0 Å². The lowest BCUT2D eigenvalue weighted by molar-refractivity contribution is -0.242. The third kappa shape index (κ3) is 2.20. The summed E-state index contributed by atoms with van der Waals surface area (Å²) >= 11 is 0. The predicted molar refractivity (Wildman–Crippen MR) is 67.9 cm³/mol. The minimum Gasteiger partial charge on any atom is -0.266 e. The van der Waals surface area contributed by atoms with Gasteiger partial charge in [0.15, 0.2) is 0 Å². The molecule has 2 amide bonds. The van der Waals surface area contributed by atoms with Crippen LogP contribution in [0.25, 0.3) is 0 Å². The van der Waals surface area contributed by atoms with Gasteiger partial charge in [0.25, 0.3) is 11.8 Å². The van der Waals surface area contributed by atoms with Gasteiger partial charge in [0, 0.05) is 5.56 Å². The first-order valence-corrected chi connectivity index (χ1v) is 6.14. The molecule has 6 heteroatoms. The van der Waals surface area contributed by atoms with Gasteiger partial charge in [0.2, 0.25) is 6.29 Å². The fourth-order valence-electron chi connectivity index (χ4n) is 2.08. The molecule has 0 bridgehead atoms. The monoisotopic (exact) mass is 286 g/mol. The average molecular weight is 286 g/mol. The van der Waals surface area contributed by atoms with E-state index in [-0.39, 0.29) is 16.7 Å². The maximum absolute atomic E-state index is 13.5. The van der Waals surface area contributed by atoms with E-state index in [9.17, 15) is 19.1 Å². The summed E-state index contributed by atoms with van der Waals surface area (Å²) < 4.78 is 13.5. The second-order valence-corrected chi connectivity index (χ2v) is 4.41. The van der Waals surface area contributed by atoms with E-state index in [1.807, 2.05) is 0 Å². The van der Waals surface area contributed by atoms with Crippen molar-refractivity contribution >= 4 is 11.8 Å². The van der Waals surface area contributed by atoms with Crippen LogP contribution in [0.2, 0.25) is 0 Å². The molecule has 3 rings (SSSR count). The summed E-state index contributed by atoms with van der Waals surface area (Å²) in [4.78, 5) is 28.8. The van der Waals surface area contributed by atoms with Gasteiger partial charge in [0.05, 0.1) is 11.1 Å². The van der Waals surface area contributed by atoms with Crippen LogP contribution in [0.1, 0.15) is 32.6 Å². The zero-order valence-electron chi connectivity index (χ0n) is 10.7. The average Bonchev–Trinajstić information content (AvgIpc) is 2.73. The molecule has 21 heavy (non-hydrogen) atoms. The normalized spacial score (nSPS) is 15.2. The lowest BCUT2D eigenvalue weighted by Gasteiger charge is -2.17. The Morgan fingerprint density at radius 2 is 1.43 bits per heavy atom. The first-order chi connectivity index (χ1) is 10.1. The van der Waals surface area contributed by atoms with Crippen molar-refractivity contribution in [1.82, 2.24) is 5.06 Å². The lowest BCUT2D eigenvalue weighted by atomic mass is 10.1. The fourth-order valence-corrected chi connectivity index (χ4v) is 2.08. The predicted octanol–water partition coefficient (Wildman–Crippen LogP) is 2.48. The Bertz CT molecular complexity index is 696. The third-order valence-electron chi connectivity index (χ3n) is 3.12. The summed E-state index contributed by atoms with van der Waals surface area (Å²) in [5.74, 6) is -2.21. The number of hydroxylamine groups is 2. The van der Waals surface area contributed by atoms with Gasteiger partial charge >= 0.3 is 0 Å². The van der Waals surface area contributed by atoms with Gasteiger partial charge in [-0.05, 0) is 18.2 Å². The van der Waals surface area contributed by atoms with Crippen LogP contribution in [0, 0.1) is 5.82 Å². The second kappa shape index (κ2) is 5.08. The van der Waals surface area contributed by atoms with Crippen LogP contribution in [-0.4, -0.2) is 16.9 Å². The quantitative estimate of drug-likeness (QED) is 0.643. The Morgan fingerprint density at radius 1 is 0.905 bits per heavy atom. The van der Waals surface area contributed by atoms with Crippen molar-refractivity contribution in [3.05, 3.63) is 71.0 Å². The number of amides is 2. The molecular formula is C15H9FNO4. The lowest BCUT2D eigenvalue weighted by Crippen LogP contribution is -2.31. The Labute approximate surface area is 119 Å². The molecule has 1 aliphatic heterocycles. The Kier molecular flexibility index (Phi) is 3.25. The molecule has 1 aliphatic rings. The number of fused-ring (bicyclic) bond motifs is 1. The highest BCUT2D eigenvalue weighted by atomic mass is 19.1. The fraction of sp³-hybridized carbons (Fsp3) is 0.0667. The molecule has 0 saturated carbocycles. The summed E-state index contributed by atoms with van der Waals surface area (Å²) in [6, 6.07) is 11.3. The summed E-state index contributed by atoms with van der Waals surface area (Å²) in [5.41, 5.74) is 0.0422. The molecule has 5 nitrogen and oxygen atoms in total. The second-order valence-electron chi connectivity index (χ2n) is 4.41. The molecule has 105 valence electrons. The molecule has 2 aromatic rings. The van der Waals surface area contributed by atoms with E-state index in [1.54, 1.807) is 12.1 Å². The molecule has 0 N–H and O–H groups in total. The van der Waals surface area contributed by atoms with E-state index in [2.05, 4.69) is 0 Å². The summed E-state index contributed by atoms with van der Waals surface area (Å²) in [7, 11) is 0. The van der Waals surface area contributed by atoms with Crippen molar-refractivity contribution in [3.8, 4) is 0 Å². The summed E-state index contributed by atoms with van der Waals surface area (Å²) in [6.45, 7) is 0. The third-order valence-corrected chi connectivity index (χ3v) is 3.12. The van der Waals surface area contributed by atoms with Crippen LogP contribution < -0.4 is 0 Å². The first-order valence-electron chi connectivity index (χ1n) is 6.14. The summed E-state index contributed by atoms with van der Waals surface area (Å²) in [6.07, 6.45) is -2.01. The van der Waals surface area contributed by atoms with Crippen molar-refractivity contribution in [2.24, 2.45) is 0 Å². The number of halogens is 1. The first kappa shape index (κ1) is 13.4. The topological polar surface area (TPSA) is 66.5 Å². The molecule has 0 saturated heterocycles. The van der Waals surface area contributed by atoms with Crippen LogP contribution >= 0.6 is 0 Å². The Hall–Kier alpha value is -2.57. The number of carbonyl (C=O) groups excluding carboxylic acids is 2. The van der Waals surface area contributed by atoms with Gasteiger partial charge in [-0.15, -0.1) is 5.06 Å². The number of rotatable bonds is 3. The van der Waals surface area contributed by atoms with Crippen LogP contribution in [0.15, 0.2) is 48.5 Å². The van der Waals surface area contributed by atoms with E-state index in [4.69, 9.17) is 4.84 Å². The molecule has 0 aliphatic carbocycles. The largest absolute Gasteiger partial charge is 0.286 e. The van der Waals surface area contributed by atoms with E-state index in [0.717, 1.165) is 6.07 Å². The maximum Gasteiger partial charge on any atom is 0.286 e. The van der Waals surface area contributed by atoms with Crippen molar-refractivity contribution in [2.75, 3.05) is 0 Å². The van der Waals surface area contributed by atoms with Gasteiger partial charge in [-0.25, -0.2) is 9.23 Å². The van der Waals surface area contributed by atoms with E-state index >= 15 is 0 Å². The molecule has 1 radical (unpaired) electrons. The van der Waals surface area contributed by atoms with Gasteiger partial charge in [-0.2, -0.15) is 5.11 Å². The van der Waals surface area contributed by atoms with Crippen LogP contribution in [-0.2, 0) is 9.94 Å². The van der Waals surface area contributed by atoms with E-state index < -0.39 is 23.9 Å². The van der Waals surface area contributed by atoms with Crippen molar-refractivity contribution in [2.45, 2.75) is 6.29 Å². The number of nitrogens with zero attached hydrogens (tertiary/aromatic N) is 1.